The van der Waals surface area contributed by atoms with Crippen molar-refractivity contribution in [2.75, 3.05) is 13.2 Å². The molecule has 0 aliphatic carbocycles. The first-order valence-electron chi connectivity index (χ1n) is 6.22. The van der Waals surface area contributed by atoms with E-state index in [1.54, 1.807) is 4.90 Å². The average Bonchev–Trinajstić information content (AvgIpc) is 2.69. The molecule has 0 aromatic heterocycles. The molecule has 0 bridgehead atoms. The van der Waals surface area contributed by atoms with Crippen LogP contribution in [-0.4, -0.2) is 35.1 Å². The summed E-state index contributed by atoms with van der Waals surface area (Å²) in [5, 5.41) is 9.41. The fraction of sp³-hybridized carbons (Fsp3) is 0.500. The van der Waals surface area contributed by atoms with E-state index in [9.17, 15) is 9.90 Å². The van der Waals surface area contributed by atoms with Crippen LogP contribution in [0.5, 0.6) is 0 Å². The smallest absolute Gasteiger partial charge is 0.255 e. The van der Waals surface area contributed by atoms with Crippen molar-refractivity contribution in [2.24, 2.45) is 5.92 Å². The molecule has 0 spiro atoms. The Morgan fingerprint density at radius 3 is 2.89 bits per heavy atom. The van der Waals surface area contributed by atoms with Crippen LogP contribution in [0.15, 0.2) is 22.7 Å². The quantitative estimate of drug-likeness (QED) is 0.912. The Labute approximate surface area is 116 Å². The van der Waals surface area contributed by atoms with Gasteiger partial charge in [0.1, 0.15) is 0 Å². The molecule has 98 valence electrons. The summed E-state index contributed by atoms with van der Waals surface area (Å²) in [5.74, 6) is 0.369. The van der Waals surface area contributed by atoms with Gasteiger partial charge in [-0.25, -0.2) is 0 Å². The SMILES string of the molecule is Cc1ccc(C(=O)N2CCC(C)C2CO)c(Br)c1. The Hall–Kier alpha value is -0.870. The molecule has 1 amide bonds. The lowest BCUT2D eigenvalue weighted by Crippen LogP contribution is -2.39. The van der Waals surface area contributed by atoms with Gasteiger partial charge in [-0.05, 0) is 52.9 Å². The van der Waals surface area contributed by atoms with E-state index in [1.807, 2.05) is 25.1 Å². The lowest BCUT2D eigenvalue weighted by atomic mass is 10.0. The number of nitrogens with zero attached hydrogens (tertiary/aromatic N) is 1. The number of carbonyl (C=O) groups excluding carboxylic acids is 1. The van der Waals surface area contributed by atoms with E-state index in [0.717, 1.165) is 23.0 Å². The summed E-state index contributed by atoms with van der Waals surface area (Å²) in [6.45, 7) is 4.84. The van der Waals surface area contributed by atoms with E-state index in [2.05, 4.69) is 22.9 Å². The highest BCUT2D eigenvalue weighted by atomic mass is 79.9. The Bertz CT molecular complexity index is 461. The molecule has 2 atom stereocenters. The van der Waals surface area contributed by atoms with E-state index in [1.165, 1.54) is 0 Å². The minimum absolute atomic E-state index is 0.00488. The maximum Gasteiger partial charge on any atom is 0.255 e. The largest absolute Gasteiger partial charge is 0.394 e. The zero-order chi connectivity index (χ0) is 13.3. The minimum Gasteiger partial charge on any atom is -0.394 e. The second kappa shape index (κ2) is 5.41. The lowest BCUT2D eigenvalue weighted by Gasteiger charge is -2.25. The van der Waals surface area contributed by atoms with Gasteiger partial charge in [-0.2, -0.15) is 0 Å². The molecular weight excluding hydrogens is 294 g/mol. The molecule has 4 heteroatoms. The van der Waals surface area contributed by atoms with Crippen molar-refractivity contribution in [3.63, 3.8) is 0 Å². The first kappa shape index (κ1) is 13.6. The van der Waals surface area contributed by atoms with Crippen molar-refractivity contribution in [2.45, 2.75) is 26.3 Å². The number of amides is 1. The van der Waals surface area contributed by atoms with Gasteiger partial charge in [0.15, 0.2) is 0 Å². The summed E-state index contributed by atoms with van der Waals surface area (Å²) in [4.78, 5) is 14.3. The fourth-order valence-electron chi connectivity index (χ4n) is 2.49. The predicted molar refractivity (Wildman–Crippen MR) is 74.6 cm³/mol. The highest BCUT2D eigenvalue weighted by molar-refractivity contribution is 9.10. The third-order valence-corrected chi connectivity index (χ3v) is 4.34. The number of likely N-dealkylation sites (tertiary alicyclic amines) is 1. The summed E-state index contributed by atoms with van der Waals surface area (Å²) in [5.41, 5.74) is 1.79. The minimum atomic E-state index is -0.0503. The van der Waals surface area contributed by atoms with Crippen molar-refractivity contribution < 1.29 is 9.90 Å². The molecule has 2 unspecified atom stereocenters. The average molecular weight is 312 g/mol. The molecule has 1 heterocycles. The van der Waals surface area contributed by atoms with E-state index >= 15 is 0 Å². The molecule has 0 saturated carbocycles. The molecule has 1 aromatic rings. The summed E-state index contributed by atoms with van der Waals surface area (Å²) < 4.78 is 0.823. The van der Waals surface area contributed by atoms with Gasteiger partial charge in [0.25, 0.3) is 5.91 Å². The fourth-order valence-corrected chi connectivity index (χ4v) is 3.15. The number of aliphatic hydroxyl groups excluding tert-OH is 1. The maximum atomic E-state index is 12.5. The monoisotopic (exact) mass is 311 g/mol. The number of rotatable bonds is 2. The highest BCUT2D eigenvalue weighted by Crippen LogP contribution is 2.28. The normalized spacial score (nSPS) is 23.4. The van der Waals surface area contributed by atoms with E-state index in [0.29, 0.717) is 11.5 Å². The molecule has 18 heavy (non-hydrogen) atoms. The molecule has 2 rings (SSSR count). The second-order valence-corrected chi connectivity index (χ2v) is 5.85. The molecule has 3 nitrogen and oxygen atoms in total. The van der Waals surface area contributed by atoms with Gasteiger partial charge < -0.3 is 10.0 Å². The molecule has 1 aliphatic heterocycles. The van der Waals surface area contributed by atoms with E-state index in [4.69, 9.17) is 0 Å². The van der Waals surface area contributed by atoms with E-state index < -0.39 is 0 Å². The van der Waals surface area contributed by atoms with Crippen LogP contribution in [0.4, 0.5) is 0 Å². The van der Waals surface area contributed by atoms with Crippen molar-refractivity contribution in [1.82, 2.24) is 4.90 Å². The summed E-state index contributed by atoms with van der Waals surface area (Å²) in [6, 6.07) is 5.68. The van der Waals surface area contributed by atoms with E-state index in [-0.39, 0.29) is 18.6 Å². The number of benzene rings is 1. The Morgan fingerprint density at radius 1 is 1.56 bits per heavy atom. The molecular formula is C14H18BrNO2. The number of carbonyl (C=O) groups is 1. The first-order valence-corrected chi connectivity index (χ1v) is 7.02. The van der Waals surface area contributed by atoms with Crippen LogP contribution in [0.25, 0.3) is 0 Å². The molecule has 1 aromatic carbocycles. The van der Waals surface area contributed by atoms with Crippen LogP contribution in [0, 0.1) is 12.8 Å². The van der Waals surface area contributed by atoms with Gasteiger partial charge in [-0.15, -0.1) is 0 Å². The van der Waals surface area contributed by atoms with Crippen LogP contribution in [0.1, 0.15) is 29.3 Å². The topological polar surface area (TPSA) is 40.5 Å². The van der Waals surface area contributed by atoms with Crippen molar-refractivity contribution >= 4 is 21.8 Å². The van der Waals surface area contributed by atoms with Crippen LogP contribution in [0.3, 0.4) is 0 Å². The highest BCUT2D eigenvalue weighted by Gasteiger charge is 2.34. The number of hydrogen-bond donors (Lipinski definition) is 1. The Morgan fingerprint density at radius 2 is 2.28 bits per heavy atom. The Kier molecular flexibility index (Phi) is 4.07. The van der Waals surface area contributed by atoms with Crippen LogP contribution < -0.4 is 0 Å². The summed E-state index contributed by atoms with van der Waals surface area (Å²) in [7, 11) is 0. The summed E-state index contributed by atoms with van der Waals surface area (Å²) in [6.07, 6.45) is 0.959. The molecule has 1 saturated heterocycles. The van der Waals surface area contributed by atoms with Crippen molar-refractivity contribution in [1.29, 1.82) is 0 Å². The molecule has 1 aliphatic rings. The lowest BCUT2D eigenvalue weighted by molar-refractivity contribution is 0.0647. The molecule has 1 N–H and O–H groups in total. The molecule has 0 radical (unpaired) electrons. The van der Waals surface area contributed by atoms with Gasteiger partial charge in [-0.3, -0.25) is 4.79 Å². The first-order chi connectivity index (χ1) is 8.54. The number of aryl methyl sites for hydroxylation is 1. The van der Waals surface area contributed by atoms with Crippen molar-refractivity contribution in [3.05, 3.63) is 33.8 Å². The molecule has 1 fully saturated rings. The third kappa shape index (κ3) is 2.45. The van der Waals surface area contributed by atoms with Gasteiger partial charge in [-0.1, -0.05) is 13.0 Å². The number of hydrogen-bond acceptors (Lipinski definition) is 2. The predicted octanol–water partition coefficient (Wildman–Crippen LogP) is 2.60. The van der Waals surface area contributed by atoms with Gasteiger partial charge in [0.2, 0.25) is 0 Å². The number of halogens is 1. The van der Waals surface area contributed by atoms with Gasteiger partial charge >= 0.3 is 0 Å². The second-order valence-electron chi connectivity index (χ2n) is 5.00. The van der Waals surface area contributed by atoms with Gasteiger partial charge in [0, 0.05) is 11.0 Å². The standard InChI is InChI=1S/C14H18BrNO2/c1-9-3-4-11(12(15)7-9)14(18)16-6-5-10(2)13(16)8-17/h3-4,7,10,13,17H,5-6,8H2,1-2H3. The van der Waals surface area contributed by atoms with Gasteiger partial charge in [0.05, 0.1) is 18.2 Å². The van der Waals surface area contributed by atoms with Crippen molar-refractivity contribution in [3.8, 4) is 0 Å². The van der Waals surface area contributed by atoms with Crippen LogP contribution in [-0.2, 0) is 0 Å². The zero-order valence-corrected chi connectivity index (χ0v) is 12.3. The zero-order valence-electron chi connectivity index (χ0n) is 10.7. The summed E-state index contributed by atoms with van der Waals surface area (Å²) >= 11 is 3.44. The number of aliphatic hydroxyl groups is 1. The maximum absolute atomic E-state index is 12.5. The van der Waals surface area contributed by atoms with Crippen LogP contribution >= 0.6 is 15.9 Å². The third-order valence-electron chi connectivity index (χ3n) is 3.69. The Balaban J connectivity index is 2.26. The van der Waals surface area contributed by atoms with Crippen LogP contribution in [0.2, 0.25) is 0 Å².